The van der Waals surface area contributed by atoms with Gasteiger partial charge in [0.1, 0.15) is 0 Å². The smallest absolute Gasteiger partial charge is 0.180 e. The van der Waals surface area contributed by atoms with E-state index in [-0.39, 0.29) is 6.29 Å². The van der Waals surface area contributed by atoms with Gasteiger partial charge in [0, 0.05) is 19.8 Å². The molecule has 0 N–H and O–H groups in total. The molecule has 120 valence electrons. The van der Waals surface area contributed by atoms with Crippen molar-refractivity contribution in [1.82, 2.24) is 0 Å². The van der Waals surface area contributed by atoms with E-state index in [0.29, 0.717) is 19.8 Å². The second-order valence-corrected chi connectivity index (χ2v) is 4.97. The Balaban J connectivity index is 3.20. The summed E-state index contributed by atoms with van der Waals surface area (Å²) in [6, 6.07) is 0. The van der Waals surface area contributed by atoms with E-state index >= 15 is 0 Å². The first-order chi connectivity index (χ1) is 9.85. The highest BCUT2D eigenvalue weighted by molar-refractivity contribution is 4.65. The van der Waals surface area contributed by atoms with Gasteiger partial charge in [-0.3, -0.25) is 0 Å². The van der Waals surface area contributed by atoms with Crippen molar-refractivity contribution in [2.45, 2.75) is 71.5 Å². The lowest BCUT2D eigenvalue weighted by Gasteiger charge is -2.16. The van der Waals surface area contributed by atoms with Gasteiger partial charge >= 0.3 is 0 Å². The predicted molar refractivity (Wildman–Crippen MR) is 85.0 cm³/mol. The third kappa shape index (κ3) is 14.0. The molecule has 0 aliphatic heterocycles. The summed E-state index contributed by atoms with van der Waals surface area (Å²) in [5.41, 5.74) is 0. The number of rotatable bonds is 16. The largest absolute Gasteiger partial charge is 0.376 e. The first kappa shape index (κ1) is 19.6. The zero-order chi connectivity index (χ0) is 14.9. The Morgan fingerprint density at radius 1 is 0.850 bits per heavy atom. The van der Waals surface area contributed by atoms with Crippen molar-refractivity contribution in [2.75, 3.05) is 26.4 Å². The van der Waals surface area contributed by atoms with Crippen LogP contribution in [0.2, 0.25) is 0 Å². The van der Waals surface area contributed by atoms with E-state index in [1.807, 2.05) is 19.9 Å². The Morgan fingerprint density at radius 3 is 1.95 bits per heavy atom. The van der Waals surface area contributed by atoms with Gasteiger partial charge in [-0.2, -0.15) is 0 Å². The van der Waals surface area contributed by atoms with Crippen LogP contribution in [0.25, 0.3) is 0 Å². The standard InChI is InChI=1S/C17H34O3/c1-4-7-8-9-10-11-12-13-14-15-18-16-17(19-5-2)20-6-3/h4,17H,1,5-16H2,2-3H3. The molecule has 0 aromatic rings. The van der Waals surface area contributed by atoms with Gasteiger partial charge in [0.2, 0.25) is 0 Å². The number of hydrogen-bond donors (Lipinski definition) is 0. The normalized spacial score (nSPS) is 11.2. The summed E-state index contributed by atoms with van der Waals surface area (Å²) in [6.45, 7) is 10.4. The van der Waals surface area contributed by atoms with Crippen LogP contribution >= 0.6 is 0 Å². The molecule has 0 amide bonds. The highest BCUT2D eigenvalue weighted by atomic mass is 16.7. The van der Waals surface area contributed by atoms with E-state index in [0.717, 1.165) is 19.4 Å². The van der Waals surface area contributed by atoms with Crippen LogP contribution in [0.1, 0.15) is 65.2 Å². The average molecular weight is 286 g/mol. The fraction of sp³-hybridized carbons (Fsp3) is 0.882. The van der Waals surface area contributed by atoms with Crippen molar-refractivity contribution in [3.05, 3.63) is 12.7 Å². The lowest BCUT2D eigenvalue weighted by molar-refractivity contribution is -0.167. The molecule has 20 heavy (non-hydrogen) atoms. The molecular formula is C17H34O3. The summed E-state index contributed by atoms with van der Waals surface area (Å²) < 4.78 is 16.4. The monoisotopic (exact) mass is 286 g/mol. The molecular weight excluding hydrogens is 252 g/mol. The molecule has 0 aromatic carbocycles. The van der Waals surface area contributed by atoms with Crippen molar-refractivity contribution in [3.63, 3.8) is 0 Å². The number of hydrogen-bond acceptors (Lipinski definition) is 3. The lowest BCUT2D eigenvalue weighted by atomic mass is 10.1. The fourth-order valence-electron chi connectivity index (χ4n) is 2.07. The molecule has 3 nitrogen and oxygen atoms in total. The van der Waals surface area contributed by atoms with Gasteiger partial charge in [-0.15, -0.1) is 6.58 Å². The fourth-order valence-corrected chi connectivity index (χ4v) is 2.07. The summed E-state index contributed by atoms with van der Waals surface area (Å²) in [6.07, 6.45) is 12.0. The van der Waals surface area contributed by atoms with Gasteiger partial charge in [0.25, 0.3) is 0 Å². The Bertz CT molecular complexity index is 189. The Morgan fingerprint density at radius 2 is 1.40 bits per heavy atom. The van der Waals surface area contributed by atoms with Crippen molar-refractivity contribution >= 4 is 0 Å². The van der Waals surface area contributed by atoms with E-state index in [1.54, 1.807) is 0 Å². The lowest BCUT2D eigenvalue weighted by Crippen LogP contribution is -2.23. The van der Waals surface area contributed by atoms with Gasteiger partial charge in [0.05, 0.1) is 6.61 Å². The molecule has 0 aliphatic rings. The SMILES string of the molecule is C=CCCCCCCCCCOCC(OCC)OCC. The van der Waals surface area contributed by atoms with Crippen molar-refractivity contribution in [1.29, 1.82) is 0 Å². The van der Waals surface area contributed by atoms with Gasteiger partial charge < -0.3 is 14.2 Å². The third-order valence-corrected chi connectivity index (χ3v) is 3.16. The second-order valence-electron chi connectivity index (χ2n) is 4.97. The summed E-state index contributed by atoms with van der Waals surface area (Å²) in [7, 11) is 0. The number of unbranched alkanes of at least 4 members (excludes halogenated alkanes) is 7. The maximum atomic E-state index is 5.60. The molecule has 0 saturated carbocycles. The molecule has 0 heterocycles. The maximum absolute atomic E-state index is 5.60. The maximum Gasteiger partial charge on any atom is 0.180 e. The highest BCUT2D eigenvalue weighted by Crippen LogP contribution is 2.09. The summed E-state index contributed by atoms with van der Waals surface area (Å²) in [5.74, 6) is 0. The minimum atomic E-state index is -0.199. The first-order valence-corrected chi connectivity index (χ1v) is 8.27. The summed E-state index contributed by atoms with van der Waals surface area (Å²) >= 11 is 0. The second kappa shape index (κ2) is 16.7. The van der Waals surface area contributed by atoms with Gasteiger partial charge in [0.15, 0.2) is 6.29 Å². The zero-order valence-corrected chi connectivity index (χ0v) is 13.6. The molecule has 0 bridgehead atoms. The molecule has 0 aliphatic carbocycles. The molecule has 0 fully saturated rings. The van der Waals surface area contributed by atoms with E-state index in [1.165, 1.54) is 38.5 Å². The topological polar surface area (TPSA) is 27.7 Å². The van der Waals surface area contributed by atoms with Gasteiger partial charge in [-0.05, 0) is 33.1 Å². The van der Waals surface area contributed by atoms with E-state index in [2.05, 4.69) is 6.58 Å². The minimum absolute atomic E-state index is 0.199. The van der Waals surface area contributed by atoms with Crippen LogP contribution < -0.4 is 0 Å². The van der Waals surface area contributed by atoms with Gasteiger partial charge in [-0.1, -0.05) is 38.2 Å². The minimum Gasteiger partial charge on any atom is -0.376 e. The molecule has 0 spiro atoms. The van der Waals surface area contributed by atoms with E-state index < -0.39 is 0 Å². The average Bonchev–Trinajstić information content (AvgIpc) is 2.45. The predicted octanol–water partition coefficient (Wildman–Crippen LogP) is 4.71. The molecule has 0 aromatic heterocycles. The van der Waals surface area contributed by atoms with E-state index in [9.17, 15) is 0 Å². The Labute approximate surface area is 125 Å². The van der Waals surface area contributed by atoms with Crippen LogP contribution in [0.5, 0.6) is 0 Å². The van der Waals surface area contributed by atoms with Crippen LogP contribution in [0, 0.1) is 0 Å². The Kier molecular flexibility index (Phi) is 16.4. The molecule has 0 rings (SSSR count). The van der Waals surface area contributed by atoms with Crippen LogP contribution in [0.3, 0.4) is 0 Å². The summed E-state index contributed by atoms with van der Waals surface area (Å²) in [4.78, 5) is 0. The molecule has 3 heteroatoms. The first-order valence-electron chi connectivity index (χ1n) is 8.27. The number of allylic oxidation sites excluding steroid dienone is 1. The van der Waals surface area contributed by atoms with Crippen LogP contribution in [0.15, 0.2) is 12.7 Å². The highest BCUT2D eigenvalue weighted by Gasteiger charge is 2.07. The quantitative estimate of drug-likeness (QED) is 0.234. The Hall–Kier alpha value is -0.380. The van der Waals surface area contributed by atoms with Crippen molar-refractivity contribution in [3.8, 4) is 0 Å². The van der Waals surface area contributed by atoms with Gasteiger partial charge in [-0.25, -0.2) is 0 Å². The van der Waals surface area contributed by atoms with Crippen molar-refractivity contribution < 1.29 is 14.2 Å². The van der Waals surface area contributed by atoms with Crippen LogP contribution in [0.4, 0.5) is 0 Å². The molecule has 0 unspecified atom stereocenters. The molecule has 0 saturated heterocycles. The van der Waals surface area contributed by atoms with Crippen LogP contribution in [-0.2, 0) is 14.2 Å². The summed E-state index contributed by atoms with van der Waals surface area (Å²) in [5, 5.41) is 0. The third-order valence-electron chi connectivity index (χ3n) is 3.16. The molecule has 0 atom stereocenters. The molecule has 0 radical (unpaired) electrons. The number of ether oxygens (including phenoxy) is 3. The van der Waals surface area contributed by atoms with Crippen molar-refractivity contribution in [2.24, 2.45) is 0 Å². The van der Waals surface area contributed by atoms with Crippen LogP contribution in [-0.4, -0.2) is 32.7 Å². The zero-order valence-electron chi connectivity index (χ0n) is 13.6. The van der Waals surface area contributed by atoms with E-state index in [4.69, 9.17) is 14.2 Å².